The van der Waals surface area contributed by atoms with Crippen molar-refractivity contribution >= 4 is 0 Å². The first-order valence-corrected chi connectivity index (χ1v) is 10.6. The molecule has 1 heterocycles. The van der Waals surface area contributed by atoms with E-state index >= 15 is 0 Å². The Morgan fingerprint density at radius 3 is 2.11 bits per heavy atom. The van der Waals surface area contributed by atoms with Crippen LogP contribution in [-0.2, 0) is 6.54 Å². The van der Waals surface area contributed by atoms with Crippen LogP contribution in [0.15, 0.2) is 42.7 Å². The third-order valence-corrected chi connectivity index (χ3v) is 5.14. The molecule has 0 radical (unpaired) electrons. The van der Waals surface area contributed by atoms with Crippen LogP contribution in [0.2, 0.25) is 0 Å². The lowest BCUT2D eigenvalue weighted by molar-refractivity contribution is -0.698. The molecule has 4 heteroatoms. The maximum absolute atomic E-state index is 10.5. The minimum absolute atomic E-state index is 0. The number of aliphatic hydroxyl groups is 1. The van der Waals surface area contributed by atoms with Gasteiger partial charge in [-0.25, -0.2) is 9.55 Å². The van der Waals surface area contributed by atoms with Crippen molar-refractivity contribution in [3.8, 4) is 0 Å². The second-order valence-electron chi connectivity index (χ2n) is 7.45. The summed E-state index contributed by atoms with van der Waals surface area (Å²) in [5, 5.41) is 10.5. The molecule has 0 fully saturated rings. The van der Waals surface area contributed by atoms with Gasteiger partial charge in [-0.3, -0.25) is 0 Å². The lowest BCUT2D eigenvalue weighted by Crippen LogP contribution is -3.00. The summed E-state index contributed by atoms with van der Waals surface area (Å²) in [5.41, 5.74) is 1.25. The Kier molecular flexibility index (Phi) is 13.5. The standard InChI is InChI=1S/C23H36N2O.HI/c1-2-3-4-5-6-7-8-9-10-14-17-22(26)23-24-18-19-25(23)20-21-15-12-11-13-16-21;/h11-13,15-16,18-19,22,26H,2-10,14,17,20H2,1H3;1H. The smallest absolute Gasteiger partial charge is 0.283 e. The van der Waals surface area contributed by atoms with Gasteiger partial charge in [-0.15, -0.1) is 0 Å². The number of imidazole rings is 1. The van der Waals surface area contributed by atoms with Crippen molar-refractivity contribution in [2.45, 2.75) is 90.2 Å². The summed E-state index contributed by atoms with van der Waals surface area (Å²) in [6, 6.07) is 10.4. The predicted molar refractivity (Wildman–Crippen MR) is 108 cm³/mol. The van der Waals surface area contributed by atoms with Crippen LogP contribution in [0, 0.1) is 0 Å². The number of aromatic amines is 1. The summed E-state index contributed by atoms with van der Waals surface area (Å²) in [7, 11) is 0. The summed E-state index contributed by atoms with van der Waals surface area (Å²) in [6.07, 6.45) is 17.6. The zero-order chi connectivity index (χ0) is 18.5. The number of halogens is 1. The molecule has 0 aliphatic rings. The van der Waals surface area contributed by atoms with E-state index in [1.165, 1.54) is 63.4 Å². The molecule has 0 aliphatic heterocycles. The maximum Gasteiger partial charge on any atom is 0.283 e. The third-order valence-electron chi connectivity index (χ3n) is 5.14. The van der Waals surface area contributed by atoms with E-state index in [4.69, 9.17) is 0 Å². The Balaban J connectivity index is 0.00000364. The van der Waals surface area contributed by atoms with E-state index < -0.39 is 6.10 Å². The maximum atomic E-state index is 10.5. The summed E-state index contributed by atoms with van der Waals surface area (Å²) >= 11 is 0. The molecule has 0 spiro atoms. The quantitative estimate of drug-likeness (QED) is 0.242. The van der Waals surface area contributed by atoms with Gasteiger partial charge in [-0.1, -0.05) is 101 Å². The van der Waals surface area contributed by atoms with Crippen LogP contribution >= 0.6 is 0 Å². The summed E-state index contributed by atoms with van der Waals surface area (Å²) in [4.78, 5) is 3.22. The van der Waals surface area contributed by atoms with E-state index in [-0.39, 0.29) is 24.0 Å². The molecule has 0 amide bonds. The molecule has 2 aromatic rings. The molecule has 152 valence electrons. The molecule has 0 aliphatic carbocycles. The number of aliphatic hydroxyl groups excluding tert-OH is 1. The van der Waals surface area contributed by atoms with E-state index in [1.807, 2.05) is 18.5 Å². The number of nitrogens with zero attached hydrogens (tertiary/aromatic N) is 1. The van der Waals surface area contributed by atoms with Gasteiger partial charge in [0.15, 0.2) is 6.10 Å². The van der Waals surface area contributed by atoms with Gasteiger partial charge in [0, 0.05) is 0 Å². The lowest BCUT2D eigenvalue weighted by Gasteiger charge is -2.08. The summed E-state index contributed by atoms with van der Waals surface area (Å²) in [6.45, 7) is 3.07. The van der Waals surface area contributed by atoms with Crippen molar-refractivity contribution < 1.29 is 33.7 Å². The van der Waals surface area contributed by atoms with Crippen molar-refractivity contribution in [1.29, 1.82) is 0 Å². The highest BCUT2D eigenvalue weighted by molar-refractivity contribution is 5.13. The largest absolute Gasteiger partial charge is 1.00 e. The number of aromatic nitrogens is 2. The van der Waals surface area contributed by atoms with Crippen LogP contribution in [0.4, 0.5) is 0 Å². The highest BCUT2D eigenvalue weighted by atomic mass is 127. The number of benzene rings is 1. The van der Waals surface area contributed by atoms with E-state index in [0.717, 1.165) is 25.2 Å². The average molecular weight is 484 g/mol. The lowest BCUT2D eigenvalue weighted by atomic mass is 10.0. The van der Waals surface area contributed by atoms with Gasteiger partial charge in [-0.05, 0) is 12.0 Å². The molecule has 0 saturated heterocycles. The number of H-pyrrole nitrogens is 1. The minimum atomic E-state index is -0.400. The van der Waals surface area contributed by atoms with Crippen LogP contribution in [0.5, 0.6) is 0 Å². The zero-order valence-electron chi connectivity index (χ0n) is 16.9. The molecule has 27 heavy (non-hydrogen) atoms. The molecule has 1 unspecified atom stereocenters. The van der Waals surface area contributed by atoms with Gasteiger partial charge in [0.1, 0.15) is 18.9 Å². The first-order valence-electron chi connectivity index (χ1n) is 10.6. The molecule has 1 atom stereocenters. The third kappa shape index (κ3) is 9.74. The summed E-state index contributed by atoms with van der Waals surface area (Å²) < 4.78 is 2.12. The molecular formula is C23H37IN2O. The second kappa shape index (κ2) is 15.1. The number of nitrogens with one attached hydrogen (secondary N) is 1. The molecule has 0 bridgehead atoms. The van der Waals surface area contributed by atoms with E-state index in [9.17, 15) is 5.11 Å². The zero-order valence-corrected chi connectivity index (χ0v) is 19.0. The monoisotopic (exact) mass is 484 g/mol. The van der Waals surface area contributed by atoms with Gasteiger partial charge < -0.3 is 29.1 Å². The Morgan fingerprint density at radius 2 is 1.48 bits per heavy atom. The van der Waals surface area contributed by atoms with Crippen molar-refractivity contribution in [2.24, 2.45) is 0 Å². The first kappa shape index (κ1) is 24.2. The number of rotatable bonds is 14. The second-order valence-corrected chi connectivity index (χ2v) is 7.45. The van der Waals surface area contributed by atoms with Crippen LogP contribution in [0.3, 0.4) is 0 Å². The number of unbranched alkanes of at least 4 members (excludes halogenated alkanes) is 9. The summed E-state index contributed by atoms with van der Waals surface area (Å²) in [5.74, 6) is 0.921. The van der Waals surface area contributed by atoms with E-state index in [0.29, 0.717) is 0 Å². The molecule has 3 nitrogen and oxygen atoms in total. The Bertz CT molecular complexity index is 585. The molecular weight excluding hydrogens is 447 g/mol. The van der Waals surface area contributed by atoms with Crippen LogP contribution in [0.1, 0.15) is 95.0 Å². The topological polar surface area (TPSA) is 39.9 Å². The highest BCUT2D eigenvalue weighted by Gasteiger charge is 2.20. The first-order chi connectivity index (χ1) is 12.8. The molecule has 2 N–H and O–H groups in total. The van der Waals surface area contributed by atoms with Crippen LogP contribution in [0.25, 0.3) is 0 Å². The fourth-order valence-electron chi connectivity index (χ4n) is 3.54. The van der Waals surface area contributed by atoms with Crippen molar-refractivity contribution in [3.63, 3.8) is 0 Å². The molecule has 2 rings (SSSR count). The fraction of sp³-hybridized carbons (Fsp3) is 0.609. The SMILES string of the molecule is CCCCCCCCCCCCC(O)c1[nH]cc[n+]1Cc1ccccc1.[I-]. The normalized spacial score (nSPS) is 11.9. The fourth-order valence-corrected chi connectivity index (χ4v) is 3.54. The highest BCUT2D eigenvalue weighted by Crippen LogP contribution is 2.17. The Morgan fingerprint density at radius 1 is 0.889 bits per heavy atom. The number of hydrogen-bond donors (Lipinski definition) is 2. The van der Waals surface area contributed by atoms with E-state index in [2.05, 4.69) is 40.7 Å². The van der Waals surface area contributed by atoms with Gasteiger partial charge >= 0.3 is 0 Å². The van der Waals surface area contributed by atoms with E-state index in [1.54, 1.807) is 0 Å². The molecule has 1 aromatic carbocycles. The van der Waals surface area contributed by atoms with Gasteiger partial charge in [-0.2, -0.15) is 0 Å². The average Bonchev–Trinajstić information content (AvgIpc) is 3.12. The van der Waals surface area contributed by atoms with Gasteiger partial charge in [0.05, 0.1) is 0 Å². The van der Waals surface area contributed by atoms with Gasteiger partial charge in [0.2, 0.25) is 0 Å². The minimum Gasteiger partial charge on any atom is -1.00 e. The van der Waals surface area contributed by atoms with Crippen molar-refractivity contribution in [3.05, 3.63) is 54.1 Å². The molecule has 0 saturated carbocycles. The van der Waals surface area contributed by atoms with Gasteiger partial charge in [0.25, 0.3) is 5.82 Å². The molecule has 1 aromatic heterocycles. The Hall–Kier alpha value is -0.880. The predicted octanol–water partition coefficient (Wildman–Crippen LogP) is 2.70. The van der Waals surface area contributed by atoms with Crippen LogP contribution < -0.4 is 28.5 Å². The Labute approximate surface area is 182 Å². The number of hydrogen-bond acceptors (Lipinski definition) is 1. The van der Waals surface area contributed by atoms with Crippen molar-refractivity contribution in [2.75, 3.05) is 0 Å². The van der Waals surface area contributed by atoms with Crippen LogP contribution in [-0.4, -0.2) is 10.1 Å². The van der Waals surface area contributed by atoms with Crippen molar-refractivity contribution in [1.82, 2.24) is 4.98 Å².